The minimum Gasteiger partial charge on any atom is -0.399 e. The molecule has 0 saturated carbocycles. The van der Waals surface area contributed by atoms with Crippen molar-refractivity contribution in [1.29, 1.82) is 0 Å². The summed E-state index contributed by atoms with van der Waals surface area (Å²) < 4.78 is 0. The van der Waals surface area contributed by atoms with Crippen molar-refractivity contribution in [3.8, 4) is 22.5 Å². The molecule has 1 amide bonds. The van der Waals surface area contributed by atoms with Gasteiger partial charge in [-0.3, -0.25) is 9.78 Å². The monoisotopic (exact) mass is 417 g/mol. The van der Waals surface area contributed by atoms with Crippen molar-refractivity contribution in [2.24, 2.45) is 0 Å². The third-order valence-electron chi connectivity index (χ3n) is 5.94. The maximum absolute atomic E-state index is 13.0. The van der Waals surface area contributed by atoms with Crippen LogP contribution in [0.1, 0.15) is 27.5 Å². The van der Waals surface area contributed by atoms with Gasteiger partial charge >= 0.3 is 0 Å². The van der Waals surface area contributed by atoms with E-state index in [1.54, 1.807) is 36.7 Å². The lowest BCUT2D eigenvalue weighted by molar-refractivity contribution is 0.0943. The zero-order valence-electron chi connectivity index (χ0n) is 17.0. The molecule has 0 saturated heterocycles. The molecular formula is C26H19N5O. The molecule has 1 aliphatic carbocycles. The van der Waals surface area contributed by atoms with Gasteiger partial charge in [0, 0.05) is 23.0 Å². The van der Waals surface area contributed by atoms with E-state index in [0.717, 1.165) is 44.7 Å². The average Bonchev–Trinajstić information content (AvgIpc) is 3.39. The fourth-order valence-electron chi connectivity index (χ4n) is 4.44. The van der Waals surface area contributed by atoms with Gasteiger partial charge < -0.3 is 16.0 Å². The number of hydrogen-bond acceptors (Lipinski definition) is 4. The number of fused-ring (bicyclic) bond motifs is 4. The molecular weight excluding hydrogens is 398 g/mol. The fraction of sp³-hybridized carbons (Fsp3) is 0.0385. The second kappa shape index (κ2) is 7.06. The largest absolute Gasteiger partial charge is 0.399 e. The number of hydrogen-bond donors (Lipinski definition) is 3. The number of nitrogen functional groups attached to an aromatic ring is 1. The summed E-state index contributed by atoms with van der Waals surface area (Å²) in [6.07, 6.45) is 3.51. The van der Waals surface area contributed by atoms with Gasteiger partial charge in [-0.25, -0.2) is 4.98 Å². The molecule has 1 atom stereocenters. The number of imidazole rings is 1. The van der Waals surface area contributed by atoms with Gasteiger partial charge in [0.15, 0.2) is 0 Å². The molecule has 2 heterocycles. The Morgan fingerprint density at radius 3 is 2.53 bits per heavy atom. The summed E-state index contributed by atoms with van der Waals surface area (Å²) in [6, 6.07) is 22.9. The first-order valence-electron chi connectivity index (χ1n) is 10.4. The number of aromatic nitrogens is 3. The molecule has 0 aliphatic heterocycles. The summed E-state index contributed by atoms with van der Waals surface area (Å²) in [7, 11) is 0. The summed E-state index contributed by atoms with van der Waals surface area (Å²) in [5.41, 5.74) is 14.0. The second-order valence-corrected chi connectivity index (χ2v) is 7.86. The predicted molar refractivity (Wildman–Crippen MR) is 125 cm³/mol. The van der Waals surface area contributed by atoms with E-state index in [0.29, 0.717) is 11.3 Å². The van der Waals surface area contributed by atoms with Crippen LogP contribution in [0.3, 0.4) is 0 Å². The molecule has 6 heteroatoms. The molecule has 6 nitrogen and oxygen atoms in total. The summed E-state index contributed by atoms with van der Waals surface area (Å²) in [6.45, 7) is 0. The Hall–Kier alpha value is -4.45. The lowest BCUT2D eigenvalue weighted by atomic mass is 9.98. The minimum absolute atomic E-state index is 0.141. The number of aromatic amines is 1. The van der Waals surface area contributed by atoms with Crippen LogP contribution in [-0.2, 0) is 0 Å². The quantitative estimate of drug-likeness (QED) is 0.371. The van der Waals surface area contributed by atoms with Crippen molar-refractivity contribution >= 4 is 22.6 Å². The van der Waals surface area contributed by atoms with Crippen molar-refractivity contribution < 1.29 is 4.79 Å². The van der Waals surface area contributed by atoms with Gasteiger partial charge in [0.1, 0.15) is 5.82 Å². The number of carbonyl (C=O) groups is 1. The zero-order valence-corrected chi connectivity index (χ0v) is 17.0. The van der Waals surface area contributed by atoms with Gasteiger partial charge in [0.2, 0.25) is 0 Å². The van der Waals surface area contributed by atoms with Gasteiger partial charge in [-0.2, -0.15) is 0 Å². The number of anilines is 1. The van der Waals surface area contributed by atoms with Crippen LogP contribution in [0.15, 0.2) is 85.2 Å². The number of H-pyrrole nitrogens is 1. The first-order valence-corrected chi connectivity index (χ1v) is 10.4. The lowest BCUT2D eigenvalue weighted by Gasteiger charge is -2.16. The molecule has 154 valence electrons. The molecule has 6 rings (SSSR count). The Morgan fingerprint density at radius 1 is 0.906 bits per heavy atom. The van der Waals surface area contributed by atoms with Crippen molar-refractivity contribution in [3.05, 3.63) is 102 Å². The number of pyridine rings is 1. The number of nitrogens with zero attached hydrogens (tertiary/aromatic N) is 2. The summed E-state index contributed by atoms with van der Waals surface area (Å²) in [5.74, 6) is 0.642. The first kappa shape index (κ1) is 18.3. The van der Waals surface area contributed by atoms with Crippen LogP contribution in [0.5, 0.6) is 0 Å². The number of rotatable bonds is 3. The fourth-order valence-corrected chi connectivity index (χ4v) is 4.44. The smallest absolute Gasteiger partial charge is 0.252 e. The molecule has 0 spiro atoms. The van der Waals surface area contributed by atoms with E-state index in [-0.39, 0.29) is 11.9 Å². The molecule has 5 aromatic rings. The van der Waals surface area contributed by atoms with Crippen molar-refractivity contribution in [2.45, 2.75) is 6.04 Å². The Bertz CT molecular complexity index is 1450. The maximum atomic E-state index is 13.0. The van der Waals surface area contributed by atoms with Gasteiger partial charge in [-0.15, -0.1) is 0 Å². The molecule has 0 unspecified atom stereocenters. The Kier molecular flexibility index (Phi) is 4.04. The number of benzene rings is 3. The number of carbonyl (C=O) groups excluding carboxylic acids is 1. The van der Waals surface area contributed by atoms with E-state index in [1.165, 1.54) is 0 Å². The van der Waals surface area contributed by atoms with E-state index in [2.05, 4.69) is 39.6 Å². The third-order valence-corrected chi connectivity index (χ3v) is 5.94. The Balaban J connectivity index is 1.47. The van der Waals surface area contributed by atoms with E-state index in [4.69, 9.17) is 10.7 Å². The molecule has 0 bridgehead atoms. The molecule has 32 heavy (non-hydrogen) atoms. The molecule has 1 aliphatic rings. The van der Waals surface area contributed by atoms with Gasteiger partial charge in [0.05, 0.1) is 23.3 Å². The van der Waals surface area contributed by atoms with Gasteiger partial charge in [0.25, 0.3) is 5.91 Å². The number of nitrogens with two attached hydrogens (primary N) is 1. The van der Waals surface area contributed by atoms with Crippen molar-refractivity contribution in [1.82, 2.24) is 20.3 Å². The van der Waals surface area contributed by atoms with Crippen LogP contribution in [0, 0.1) is 0 Å². The summed E-state index contributed by atoms with van der Waals surface area (Å²) >= 11 is 0. The molecule has 4 N–H and O–H groups in total. The van der Waals surface area contributed by atoms with E-state index in [9.17, 15) is 4.79 Å². The molecule has 0 radical (unpaired) electrons. The highest BCUT2D eigenvalue weighted by molar-refractivity contribution is 5.97. The van der Waals surface area contributed by atoms with Crippen LogP contribution in [0.25, 0.3) is 33.5 Å². The number of amides is 1. The lowest BCUT2D eigenvalue weighted by Crippen LogP contribution is -2.28. The molecule has 0 fully saturated rings. The van der Waals surface area contributed by atoms with Crippen molar-refractivity contribution in [3.63, 3.8) is 0 Å². The van der Waals surface area contributed by atoms with Crippen LogP contribution in [-0.4, -0.2) is 20.9 Å². The summed E-state index contributed by atoms with van der Waals surface area (Å²) in [5, 5.41) is 3.21. The first-order chi connectivity index (χ1) is 15.7. The Morgan fingerprint density at radius 2 is 1.69 bits per heavy atom. The highest BCUT2D eigenvalue weighted by atomic mass is 16.1. The van der Waals surface area contributed by atoms with Gasteiger partial charge in [-0.1, -0.05) is 42.5 Å². The van der Waals surface area contributed by atoms with E-state index in [1.807, 2.05) is 24.3 Å². The highest BCUT2D eigenvalue weighted by Gasteiger charge is 2.32. The van der Waals surface area contributed by atoms with E-state index >= 15 is 0 Å². The standard InChI is InChI=1S/C26H19N5O/c27-16-10-8-15(9-11-16)26(32)31-24-18-5-2-1-4-17(18)23-19(24)6-3-7-20(23)25-29-21-12-13-28-14-22(21)30-25/h1-14,24H,27H2,(H,29,30)(H,31,32)/t24-/m1/s1. The van der Waals surface area contributed by atoms with Crippen LogP contribution in [0.4, 0.5) is 5.69 Å². The molecule has 3 aromatic carbocycles. The predicted octanol–water partition coefficient (Wildman–Crippen LogP) is 4.71. The van der Waals surface area contributed by atoms with Crippen LogP contribution < -0.4 is 11.1 Å². The van der Waals surface area contributed by atoms with Crippen molar-refractivity contribution in [2.75, 3.05) is 5.73 Å². The number of nitrogens with one attached hydrogen (secondary N) is 2. The maximum Gasteiger partial charge on any atom is 0.252 e. The topological polar surface area (TPSA) is 96.7 Å². The third kappa shape index (κ3) is 2.85. The van der Waals surface area contributed by atoms with Crippen LogP contribution >= 0.6 is 0 Å². The minimum atomic E-state index is -0.253. The average molecular weight is 417 g/mol. The summed E-state index contributed by atoms with van der Waals surface area (Å²) in [4.78, 5) is 25.4. The van der Waals surface area contributed by atoms with Crippen LogP contribution in [0.2, 0.25) is 0 Å². The van der Waals surface area contributed by atoms with Gasteiger partial charge in [-0.05, 0) is 52.6 Å². The van der Waals surface area contributed by atoms with E-state index < -0.39 is 0 Å². The zero-order chi connectivity index (χ0) is 21.7. The SMILES string of the molecule is Nc1ccc(C(=O)N[C@@H]2c3ccccc3-c3c(-c4nc5ccncc5[nH]4)cccc32)cc1. The molecule has 2 aromatic heterocycles. The normalized spacial score (nSPS) is 14.2. The second-order valence-electron chi connectivity index (χ2n) is 7.86. The highest BCUT2D eigenvalue weighted by Crippen LogP contribution is 2.47. The Labute approximate surface area is 184 Å².